The van der Waals surface area contributed by atoms with Crippen molar-refractivity contribution in [3.63, 3.8) is 0 Å². The molecule has 0 aliphatic heterocycles. The Balaban J connectivity index is 1.48. The Morgan fingerprint density at radius 1 is 0.867 bits per heavy atom. The lowest BCUT2D eigenvalue weighted by molar-refractivity contribution is -0.124. The minimum atomic E-state index is -0.603. The Hall–Kier alpha value is -3.60. The number of nitrogens with one attached hydrogen (secondary N) is 1. The van der Waals surface area contributed by atoms with Gasteiger partial charge in [-0.3, -0.25) is 4.79 Å². The smallest absolute Gasteiger partial charge is 0.342 e. The fourth-order valence-corrected chi connectivity index (χ4v) is 2.97. The Labute approximate surface area is 176 Å². The minimum absolute atomic E-state index is 0.0230. The van der Waals surface area contributed by atoms with E-state index in [1.165, 1.54) is 5.56 Å². The molecule has 0 aliphatic rings. The molecule has 3 aromatic rings. The van der Waals surface area contributed by atoms with Crippen molar-refractivity contribution in [1.82, 2.24) is 5.32 Å². The summed E-state index contributed by atoms with van der Waals surface area (Å²) in [4.78, 5) is 24.6. The fraction of sp³-hybridized carbons (Fsp3) is 0.200. The zero-order valence-electron chi connectivity index (χ0n) is 16.9. The summed E-state index contributed by atoms with van der Waals surface area (Å²) in [6.45, 7) is 1.60. The van der Waals surface area contributed by atoms with Gasteiger partial charge >= 0.3 is 5.97 Å². The number of benzene rings is 3. The van der Waals surface area contributed by atoms with Crippen molar-refractivity contribution < 1.29 is 19.1 Å². The van der Waals surface area contributed by atoms with Gasteiger partial charge in [-0.2, -0.15) is 0 Å². The molecule has 1 atom stereocenters. The maximum Gasteiger partial charge on any atom is 0.342 e. The normalized spacial score (nSPS) is 11.4. The van der Waals surface area contributed by atoms with Crippen LogP contribution in [0.3, 0.4) is 0 Å². The van der Waals surface area contributed by atoms with Gasteiger partial charge in [-0.25, -0.2) is 4.79 Å². The molecule has 5 heteroatoms. The molecule has 0 spiro atoms. The second-order valence-electron chi connectivity index (χ2n) is 6.98. The van der Waals surface area contributed by atoms with Gasteiger partial charge in [0.15, 0.2) is 6.61 Å². The second-order valence-corrected chi connectivity index (χ2v) is 6.98. The topological polar surface area (TPSA) is 64.6 Å². The molecular formula is C25H25NO4. The van der Waals surface area contributed by atoms with E-state index in [2.05, 4.69) is 17.4 Å². The number of carbonyl (C=O) groups is 2. The summed E-state index contributed by atoms with van der Waals surface area (Å²) in [7, 11) is 0. The van der Waals surface area contributed by atoms with E-state index in [9.17, 15) is 9.59 Å². The van der Waals surface area contributed by atoms with Gasteiger partial charge in [0.25, 0.3) is 5.91 Å². The Morgan fingerprint density at radius 2 is 1.50 bits per heavy atom. The average Bonchev–Trinajstić information content (AvgIpc) is 2.78. The molecular weight excluding hydrogens is 378 g/mol. The van der Waals surface area contributed by atoms with Crippen LogP contribution < -0.4 is 10.1 Å². The zero-order chi connectivity index (χ0) is 21.2. The molecule has 30 heavy (non-hydrogen) atoms. The zero-order valence-corrected chi connectivity index (χ0v) is 16.9. The summed E-state index contributed by atoms with van der Waals surface area (Å²) < 4.78 is 11.0. The largest absolute Gasteiger partial charge is 0.456 e. The fourth-order valence-electron chi connectivity index (χ4n) is 2.97. The van der Waals surface area contributed by atoms with Crippen molar-refractivity contribution in [2.45, 2.75) is 25.8 Å². The van der Waals surface area contributed by atoms with Crippen LogP contribution >= 0.6 is 0 Å². The van der Waals surface area contributed by atoms with E-state index in [0.717, 1.165) is 12.8 Å². The van der Waals surface area contributed by atoms with Crippen molar-refractivity contribution in [3.05, 3.63) is 96.1 Å². The lowest BCUT2D eigenvalue weighted by Crippen LogP contribution is -2.36. The molecule has 0 unspecified atom stereocenters. The molecule has 0 aliphatic carbocycles. The van der Waals surface area contributed by atoms with Gasteiger partial charge in [-0.1, -0.05) is 60.7 Å². The number of hydrogen-bond donors (Lipinski definition) is 1. The lowest BCUT2D eigenvalue weighted by Gasteiger charge is -2.14. The summed E-state index contributed by atoms with van der Waals surface area (Å²) in [5.74, 6) is 0.0621. The van der Waals surface area contributed by atoms with Crippen LogP contribution in [0.25, 0.3) is 0 Å². The molecule has 0 radical (unpaired) electrons. The summed E-state index contributed by atoms with van der Waals surface area (Å²) >= 11 is 0. The molecule has 0 heterocycles. The number of para-hydroxylation sites is 2. The number of hydrogen-bond acceptors (Lipinski definition) is 4. The lowest BCUT2D eigenvalue weighted by atomic mass is 10.1. The Bertz CT molecular complexity index is 957. The van der Waals surface area contributed by atoms with Gasteiger partial charge in [0.1, 0.15) is 17.1 Å². The van der Waals surface area contributed by atoms with E-state index in [1.807, 2.05) is 43.3 Å². The number of aryl methyl sites for hydroxylation is 1. The van der Waals surface area contributed by atoms with Crippen LogP contribution in [0.4, 0.5) is 0 Å². The van der Waals surface area contributed by atoms with Gasteiger partial charge < -0.3 is 14.8 Å². The highest BCUT2D eigenvalue weighted by atomic mass is 16.5. The average molecular weight is 403 g/mol. The first kappa shape index (κ1) is 21.1. The van der Waals surface area contributed by atoms with E-state index in [0.29, 0.717) is 11.5 Å². The van der Waals surface area contributed by atoms with E-state index in [4.69, 9.17) is 9.47 Å². The van der Waals surface area contributed by atoms with Crippen molar-refractivity contribution in [3.8, 4) is 11.5 Å². The summed E-state index contributed by atoms with van der Waals surface area (Å²) in [6, 6.07) is 26.0. The van der Waals surface area contributed by atoms with Crippen molar-refractivity contribution in [2.24, 2.45) is 0 Å². The summed E-state index contributed by atoms with van der Waals surface area (Å²) in [5.41, 5.74) is 1.49. The molecule has 0 bridgehead atoms. The third kappa shape index (κ3) is 6.48. The van der Waals surface area contributed by atoms with Crippen LogP contribution in [0, 0.1) is 0 Å². The molecule has 5 nitrogen and oxygen atoms in total. The van der Waals surface area contributed by atoms with Gasteiger partial charge in [0.05, 0.1) is 0 Å². The second kappa shape index (κ2) is 10.8. The van der Waals surface area contributed by atoms with Crippen LogP contribution in [0.5, 0.6) is 11.5 Å². The maximum atomic E-state index is 12.5. The molecule has 3 rings (SSSR count). The Morgan fingerprint density at radius 3 is 2.23 bits per heavy atom. The first-order chi connectivity index (χ1) is 14.6. The standard InChI is InChI=1S/C25H25NO4/c1-19(16-17-20-10-4-2-5-11-20)26-24(27)18-29-25(28)22-14-8-9-15-23(22)30-21-12-6-3-7-13-21/h2-15,19H,16-18H2,1H3,(H,26,27)/t19-/m0/s1. The predicted molar refractivity (Wildman–Crippen MR) is 116 cm³/mol. The summed E-state index contributed by atoms with van der Waals surface area (Å²) in [6.07, 6.45) is 1.67. The Kier molecular flexibility index (Phi) is 7.61. The van der Waals surface area contributed by atoms with Crippen LogP contribution in [0.15, 0.2) is 84.9 Å². The van der Waals surface area contributed by atoms with Crippen molar-refractivity contribution in [1.29, 1.82) is 0 Å². The third-order valence-corrected chi connectivity index (χ3v) is 4.53. The van der Waals surface area contributed by atoms with Crippen LogP contribution in [0.1, 0.15) is 29.3 Å². The summed E-state index contributed by atoms with van der Waals surface area (Å²) in [5, 5.41) is 2.86. The molecule has 0 saturated carbocycles. The highest BCUT2D eigenvalue weighted by Gasteiger charge is 2.16. The number of rotatable bonds is 9. The van der Waals surface area contributed by atoms with E-state index < -0.39 is 5.97 Å². The molecule has 0 fully saturated rings. The number of amides is 1. The van der Waals surface area contributed by atoms with E-state index in [-0.39, 0.29) is 24.1 Å². The molecule has 154 valence electrons. The minimum Gasteiger partial charge on any atom is -0.456 e. The molecule has 1 amide bonds. The van der Waals surface area contributed by atoms with Crippen LogP contribution in [-0.2, 0) is 16.0 Å². The number of esters is 1. The SMILES string of the molecule is C[C@@H](CCc1ccccc1)NC(=O)COC(=O)c1ccccc1Oc1ccccc1. The number of ether oxygens (including phenoxy) is 2. The molecule has 1 N–H and O–H groups in total. The molecule has 3 aromatic carbocycles. The van der Waals surface area contributed by atoms with Crippen molar-refractivity contribution in [2.75, 3.05) is 6.61 Å². The highest BCUT2D eigenvalue weighted by molar-refractivity contribution is 5.94. The van der Waals surface area contributed by atoms with Crippen LogP contribution in [0.2, 0.25) is 0 Å². The first-order valence-electron chi connectivity index (χ1n) is 9.94. The molecule has 0 saturated heterocycles. The van der Waals surface area contributed by atoms with Crippen LogP contribution in [-0.4, -0.2) is 24.5 Å². The first-order valence-corrected chi connectivity index (χ1v) is 9.94. The highest BCUT2D eigenvalue weighted by Crippen LogP contribution is 2.25. The van der Waals surface area contributed by atoms with Crippen molar-refractivity contribution >= 4 is 11.9 Å². The van der Waals surface area contributed by atoms with E-state index >= 15 is 0 Å². The monoisotopic (exact) mass is 403 g/mol. The third-order valence-electron chi connectivity index (χ3n) is 4.53. The van der Waals surface area contributed by atoms with Gasteiger partial charge in [0.2, 0.25) is 0 Å². The van der Waals surface area contributed by atoms with Gasteiger partial charge in [0, 0.05) is 6.04 Å². The quantitative estimate of drug-likeness (QED) is 0.523. The molecule has 0 aromatic heterocycles. The maximum absolute atomic E-state index is 12.5. The van der Waals surface area contributed by atoms with E-state index in [1.54, 1.807) is 36.4 Å². The van der Waals surface area contributed by atoms with Gasteiger partial charge in [-0.05, 0) is 49.6 Å². The number of carbonyl (C=O) groups excluding carboxylic acids is 2. The predicted octanol–water partition coefficient (Wildman–Crippen LogP) is 4.77. The van der Waals surface area contributed by atoms with Gasteiger partial charge in [-0.15, -0.1) is 0 Å².